The molecule has 0 radical (unpaired) electrons. The number of amides is 1. The van der Waals surface area contributed by atoms with Crippen LogP contribution in [0.2, 0.25) is 0 Å². The number of anilines is 1. The summed E-state index contributed by atoms with van der Waals surface area (Å²) in [6, 6.07) is 3.70. The number of carbonyl (C=O) groups excluding carboxylic acids is 1. The second-order valence-corrected chi connectivity index (χ2v) is 9.91. The molecule has 4 rings (SSSR count). The van der Waals surface area contributed by atoms with Crippen LogP contribution in [0.15, 0.2) is 28.0 Å². The van der Waals surface area contributed by atoms with Crippen LogP contribution in [0.4, 0.5) is 5.82 Å². The second kappa shape index (κ2) is 9.30. The van der Waals surface area contributed by atoms with E-state index in [2.05, 4.69) is 9.80 Å². The third-order valence-electron chi connectivity index (χ3n) is 5.77. The maximum Gasteiger partial charge on any atom is 0.267 e. The summed E-state index contributed by atoms with van der Waals surface area (Å²) in [7, 11) is 0. The van der Waals surface area contributed by atoms with Gasteiger partial charge in [-0.2, -0.15) is 0 Å². The summed E-state index contributed by atoms with van der Waals surface area (Å²) in [5.74, 6) is 0.408. The lowest BCUT2D eigenvalue weighted by molar-refractivity contribution is -0.123. The molecule has 1 amide bonds. The van der Waals surface area contributed by atoms with Crippen molar-refractivity contribution < 1.29 is 9.90 Å². The van der Waals surface area contributed by atoms with Crippen LogP contribution >= 0.6 is 24.0 Å². The highest BCUT2D eigenvalue weighted by Crippen LogP contribution is 2.34. The third-order valence-corrected chi connectivity index (χ3v) is 7.10. The predicted molar refractivity (Wildman–Crippen MR) is 132 cm³/mol. The number of aliphatic hydroxyl groups is 1. The van der Waals surface area contributed by atoms with Crippen LogP contribution in [-0.4, -0.2) is 79.9 Å². The molecule has 2 saturated heterocycles. The summed E-state index contributed by atoms with van der Waals surface area (Å²) in [4.78, 5) is 37.7. The molecule has 0 saturated carbocycles. The lowest BCUT2D eigenvalue weighted by Crippen LogP contribution is -2.48. The SMILES string of the molecule is Cc1cccn2c(=O)c(C=C3SC(=S)N(C(C)C)C3=O)c(N3CCN(CCO)CC3)nc12. The summed E-state index contributed by atoms with van der Waals surface area (Å²) in [6.45, 7) is 9.42. The van der Waals surface area contributed by atoms with Crippen LogP contribution in [0.1, 0.15) is 25.0 Å². The lowest BCUT2D eigenvalue weighted by Gasteiger charge is -2.35. The Labute approximate surface area is 196 Å². The van der Waals surface area contributed by atoms with E-state index in [1.807, 2.05) is 32.9 Å². The first-order valence-electron chi connectivity index (χ1n) is 10.7. The fourth-order valence-corrected chi connectivity index (χ4v) is 5.55. The molecular formula is C22H27N5O3S2. The highest BCUT2D eigenvalue weighted by molar-refractivity contribution is 8.26. The molecule has 170 valence electrons. The monoisotopic (exact) mass is 473 g/mol. The van der Waals surface area contributed by atoms with Crippen molar-refractivity contribution in [2.24, 2.45) is 0 Å². The topological polar surface area (TPSA) is 81.4 Å². The molecule has 2 aromatic rings. The van der Waals surface area contributed by atoms with Gasteiger partial charge in [-0.15, -0.1) is 0 Å². The summed E-state index contributed by atoms with van der Waals surface area (Å²) in [6.07, 6.45) is 3.36. The van der Waals surface area contributed by atoms with Gasteiger partial charge in [0, 0.05) is 45.0 Å². The molecule has 2 fully saturated rings. The Morgan fingerprint density at radius 2 is 1.97 bits per heavy atom. The molecule has 0 bridgehead atoms. The molecule has 32 heavy (non-hydrogen) atoms. The van der Waals surface area contributed by atoms with Gasteiger partial charge in [-0.25, -0.2) is 4.98 Å². The number of aryl methyl sites for hydroxylation is 1. The number of aliphatic hydroxyl groups excluding tert-OH is 1. The van der Waals surface area contributed by atoms with E-state index >= 15 is 0 Å². The number of thiocarbonyl (C=S) groups is 1. The molecule has 2 aliphatic rings. The zero-order valence-electron chi connectivity index (χ0n) is 18.4. The van der Waals surface area contributed by atoms with Crippen molar-refractivity contribution in [3.05, 3.63) is 44.7 Å². The fraction of sp³-hybridized carbons (Fsp3) is 0.455. The van der Waals surface area contributed by atoms with E-state index < -0.39 is 0 Å². The Morgan fingerprint density at radius 1 is 1.25 bits per heavy atom. The van der Waals surface area contributed by atoms with E-state index in [0.717, 1.165) is 18.7 Å². The number of aromatic nitrogens is 2. The number of carbonyl (C=O) groups is 1. The average molecular weight is 474 g/mol. The Hall–Kier alpha value is -2.27. The van der Waals surface area contributed by atoms with Crippen LogP contribution < -0.4 is 10.5 Å². The minimum absolute atomic E-state index is 0.0500. The number of pyridine rings is 1. The summed E-state index contributed by atoms with van der Waals surface area (Å²) in [5, 5.41) is 9.23. The summed E-state index contributed by atoms with van der Waals surface area (Å²) >= 11 is 6.62. The third kappa shape index (κ3) is 4.19. The first-order chi connectivity index (χ1) is 15.3. The van der Waals surface area contributed by atoms with Gasteiger partial charge >= 0.3 is 0 Å². The number of thioether (sulfide) groups is 1. The first kappa shape index (κ1) is 22.9. The molecule has 1 N–H and O–H groups in total. The second-order valence-electron chi connectivity index (χ2n) is 8.24. The normalized spacial score (nSPS) is 19.2. The van der Waals surface area contributed by atoms with Gasteiger partial charge in [0.05, 0.1) is 17.1 Å². The van der Waals surface area contributed by atoms with Gasteiger partial charge in [0.25, 0.3) is 11.5 Å². The van der Waals surface area contributed by atoms with Crippen LogP contribution in [0.25, 0.3) is 11.7 Å². The number of nitrogens with zero attached hydrogens (tertiary/aromatic N) is 5. The molecule has 8 nitrogen and oxygen atoms in total. The maximum absolute atomic E-state index is 13.5. The molecule has 4 heterocycles. The molecule has 0 atom stereocenters. The molecular weight excluding hydrogens is 446 g/mol. The molecule has 0 aromatic carbocycles. The average Bonchev–Trinajstić information content (AvgIpc) is 3.04. The maximum atomic E-state index is 13.5. The summed E-state index contributed by atoms with van der Waals surface area (Å²) < 4.78 is 2.04. The van der Waals surface area contributed by atoms with Crippen molar-refractivity contribution in [3.63, 3.8) is 0 Å². The number of hydrogen-bond acceptors (Lipinski definition) is 8. The van der Waals surface area contributed by atoms with E-state index in [1.54, 1.807) is 17.2 Å². The van der Waals surface area contributed by atoms with Crippen molar-refractivity contribution >= 4 is 51.7 Å². The molecule has 0 spiro atoms. The van der Waals surface area contributed by atoms with Crippen LogP contribution in [-0.2, 0) is 4.79 Å². The number of hydrogen-bond donors (Lipinski definition) is 1. The highest BCUT2D eigenvalue weighted by Gasteiger charge is 2.34. The minimum atomic E-state index is -0.207. The lowest BCUT2D eigenvalue weighted by atomic mass is 10.2. The van der Waals surface area contributed by atoms with Crippen molar-refractivity contribution in [3.8, 4) is 0 Å². The molecule has 2 aromatic heterocycles. The number of β-amino-alcohol motifs (C(OH)–C–C–N with tert-alkyl or cyclic N) is 1. The van der Waals surface area contributed by atoms with Gasteiger partial charge in [0.1, 0.15) is 15.8 Å². The largest absolute Gasteiger partial charge is 0.395 e. The molecule has 0 unspecified atom stereocenters. The van der Waals surface area contributed by atoms with E-state index in [0.29, 0.717) is 45.9 Å². The molecule has 2 aliphatic heterocycles. The van der Waals surface area contributed by atoms with Crippen LogP contribution in [0.3, 0.4) is 0 Å². The summed E-state index contributed by atoms with van der Waals surface area (Å²) in [5.41, 5.74) is 1.70. The zero-order chi connectivity index (χ0) is 23.0. The van der Waals surface area contributed by atoms with Gasteiger partial charge in [0.2, 0.25) is 0 Å². The van der Waals surface area contributed by atoms with Gasteiger partial charge in [0.15, 0.2) is 0 Å². The van der Waals surface area contributed by atoms with Crippen LogP contribution in [0, 0.1) is 6.92 Å². The Balaban J connectivity index is 1.82. The van der Waals surface area contributed by atoms with Gasteiger partial charge in [-0.1, -0.05) is 30.0 Å². The molecule has 0 aliphatic carbocycles. The Morgan fingerprint density at radius 3 is 2.59 bits per heavy atom. The quantitative estimate of drug-likeness (QED) is 0.520. The van der Waals surface area contributed by atoms with Gasteiger partial charge < -0.3 is 10.0 Å². The van der Waals surface area contributed by atoms with Crippen molar-refractivity contribution in [2.45, 2.75) is 26.8 Å². The number of fused-ring (bicyclic) bond motifs is 1. The number of piperazine rings is 1. The fourth-order valence-electron chi connectivity index (χ4n) is 4.05. The predicted octanol–water partition coefficient (Wildman–Crippen LogP) is 1.73. The van der Waals surface area contributed by atoms with E-state index in [9.17, 15) is 14.7 Å². The Bertz CT molecular complexity index is 1150. The minimum Gasteiger partial charge on any atom is -0.395 e. The van der Waals surface area contributed by atoms with E-state index in [4.69, 9.17) is 17.2 Å². The Kier molecular flexibility index (Phi) is 6.66. The van der Waals surface area contributed by atoms with E-state index in [1.165, 1.54) is 16.2 Å². The first-order valence-corrected chi connectivity index (χ1v) is 11.9. The van der Waals surface area contributed by atoms with Crippen molar-refractivity contribution in [1.29, 1.82) is 0 Å². The van der Waals surface area contributed by atoms with Gasteiger partial charge in [-0.05, 0) is 38.5 Å². The van der Waals surface area contributed by atoms with Crippen LogP contribution in [0.5, 0.6) is 0 Å². The standard InChI is InChI=1S/C22H27N5O3S2/c1-14(2)27-21(30)17(32-22(27)31)13-16-19(25-9-7-24(8-10-25)11-12-28)23-18-15(3)5-4-6-26(18)20(16)29/h4-6,13-14,28H,7-12H2,1-3H3. The van der Waals surface area contributed by atoms with Crippen molar-refractivity contribution in [2.75, 3.05) is 44.2 Å². The van der Waals surface area contributed by atoms with E-state index in [-0.39, 0.29) is 24.1 Å². The molecule has 10 heteroatoms. The van der Waals surface area contributed by atoms with Gasteiger partial charge in [-0.3, -0.25) is 23.8 Å². The van der Waals surface area contributed by atoms with Crippen molar-refractivity contribution in [1.82, 2.24) is 19.2 Å². The zero-order valence-corrected chi connectivity index (χ0v) is 20.1. The highest BCUT2D eigenvalue weighted by atomic mass is 32.2. The number of rotatable bonds is 5. The smallest absolute Gasteiger partial charge is 0.267 e.